The van der Waals surface area contributed by atoms with Crippen molar-refractivity contribution in [2.75, 3.05) is 5.32 Å². The van der Waals surface area contributed by atoms with Gasteiger partial charge in [0.25, 0.3) is 0 Å². The second kappa shape index (κ2) is 7.34. The van der Waals surface area contributed by atoms with E-state index >= 15 is 0 Å². The summed E-state index contributed by atoms with van der Waals surface area (Å²) in [6.07, 6.45) is 4.64. The van der Waals surface area contributed by atoms with E-state index in [2.05, 4.69) is 5.32 Å². The number of hydrogen-bond acceptors (Lipinski definition) is 4. The van der Waals surface area contributed by atoms with Gasteiger partial charge < -0.3 is 10.4 Å². The van der Waals surface area contributed by atoms with Crippen LogP contribution in [-0.2, 0) is 14.4 Å². The molecule has 1 saturated carbocycles. The maximum Gasteiger partial charge on any atom is 0.234 e. The Balaban J connectivity index is 1.44. The molecule has 0 radical (unpaired) electrons. The van der Waals surface area contributed by atoms with Crippen molar-refractivity contribution in [3.05, 3.63) is 72.1 Å². The first-order chi connectivity index (χ1) is 14.9. The lowest BCUT2D eigenvalue weighted by molar-refractivity contribution is -0.144. The fraction of sp³-hybridized carbons (Fsp3) is 0.292. The van der Waals surface area contributed by atoms with Gasteiger partial charge in [-0.15, -0.1) is 0 Å². The van der Waals surface area contributed by atoms with Gasteiger partial charge in [-0.25, -0.2) is 4.39 Å². The van der Waals surface area contributed by atoms with Gasteiger partial charge in [0.05, 0.1) is 24.3 Å². The van der Waals surface area contributed by atoms with Gasteiger partial charge in [-0.1, -0.05) is 24.3 Å². The number of allylic oxidation sites excluding steroid dienone is 2. The Labute approximate surface area is 178 Å². The summed E-state index contributed by atoms with van der Waals surface area (Å²) in [5, 5.41) is 12.1. The van der Waals surface area contributed by atoms with E-state index in [0.29, 0.717) is 11.3 Å². The van der Waals surface area contributed by atoms with Crippen LogP contribution in [0.2, 0.25) is 0 Å². The summed E-state index contributed by atoms with van der Waals surface area (Å²) in [6.45, 7) is 0. The maximum atomic E-state index is 14.0. The number of likely N-dealkylation sites (tertiary alicyclic amines) is 1. The molecule has 0 spiro atoms. The minimum atomic E-state index is -0.891. The zero-order valence-electron chi connectivity index (χ0n) is 16.6. The third kappa shape index (κ3) is 3.30. The van der Waals surface area contributed by atoms with Crippen LogP contribution in [0.3, 0.4) is 0 Å². The van der Waals surface area contributed by atoms with Crippen LogP contribution < -0.4 is 5.32 Å². The van der Waals surface area contributed by atoms with Crippen LogP contribution in [0.25, 0.3) is 0 Å². The molecule has 2 bridgehead atoms. The van der Waals surface area contributed by atoms with Crippen molar-refractivity contribution in [2.45, 2.75) is 18.9 Å². The molecule has 1 aliphatic heterocycles. The van der Waals surface area contributed by atoms with E-state index in [4.69, 9.17) is 0 Å². The van der Waals surface area contributed by atoms with Crippen LogP contribution in [-0.4, -0.2) is 27.7 Å². The minimum absolute atomic E-state index is 0.0513. The summed E-state index contributed by atoms with van der Waals surface area (Å²) in [6, 6.07) is 10.8. The first-order valence-electron chi connectivity index (χ1n) is 10.3. The summed E-state index contributed by atoms with van der Waals surface area (Å²) in [7, 11) is 0. The Morgan fingerprint density at radius 2 is 1.71 bits per heavy atom. The molecule has 2 aromatic carbocycles. The van der Waals surface area contributed by atoms with E-state index in [0.717, 1.165) is 6.42 Å². The van der Waals surface area contributed by atoms with Crippen LogP contribution in [0.4, 0.5) is 10.1 Å². The molecule has 158 valence electrons. The molecule has 3 aliphatic rings. The number of phenols is 1. The Kier molecular flexibility index (Phi) is 4.61. The zero-order chi connectivity index (χ0) is 21.7. The highest BCUT2D eigenvalue weighted by Gasteiger charge is 2.60. The van der Waals surface area contributed by atoms with Crippen molar-refractivity contribution in [1.82, 2.24) is 4.90 Å². The van der Waals surface area contributed by atoms with Gasteiger partial charge in [-0.05, 0) is 60.2 Å². The number of fused-ring (bicyclic) bond motifs is 5. The normalized spacial score (nSPS) is 26.9. The van der Waals surface area contributed by atoms with Crippen LogP contribution in [0.1, 0.15) is 24.4 Å². The number of halogens is 1. The van der Waals surface area contributed by atoms with Crippen LogP contribution >= 0.6 is 0 Å². The zero-order valence-corrected chi connectivity index (χ0v) is 16.6. The third-order valence-corrected chi connectivity index (χ3v) is 6.58. The molecular weight excluding hydrogens is 399 g/mol. The monoisotopic (exact) mass is 420 g/mol. The molecule has 0 aromatic heterocycles. The van der Waals surface area contributed by atoms with Crippen molar-refractivity contribution < 1.29 is 23.9 Å². The first-order valence-corrected chi connectivity index (χ1v) is 10.3. The second-order valence-corrected chi connectivity index (χ2v) is 8.42. The van der Waals surface area contributed by atoms with E-state index in [1.54, 1.807) is 18.2 Å². The molecule has 2 N–H and O–H groups in total. The molecule has 1 heterocycles. The number of carbonyl (C=O) groups excluding carboxylic acids is 3. The lowest BCUT2D eigenvalue weighted by Crippen LogP contribution is -2.38. The van der Waals surface area contributed by atoms with Gasteiger partial charge >= 0.3 is 0 Å². The quantitative estimate of drug-likeness (QED) is 0.441. The van der Waals surface area contributed by atoms with E-state index in [1.807, 2.05) is 12.2 Å². The van der Waals surface area contributed by atoms with Gasteiger partial charge in [-0.3, -0.25) is 19.3 Å². The molecule has 6 nitrogen and oxygen atoms in total. The highest BCUT2D eigenvalue weighted by atomic mass is 19.1. The van der Waals surface area contributed by atoms with E-state index in [9.17, 15) is 23.9 Å². The van der Waals surface area contributed by atoms with Crippen LogP contribution in [0, 0.1) is 29.5 Å². The minimum Gasteiger partial charge on any atom is -0.508 e. The average molecular weight is 420 g/mol. The van der Waals surface area contributed by atoms with Crippen molar-refractivity contribution in [3.8, 4) is 5.75 Å². The topological polar surface area (TPSA) is 86.7 Å². The molecule has 31 heavy (non-hydrogen) atoms. The number of amides is 3. The Bertz CT molecular complexity index is 1070. The maximum absolute atomic E-state index is 14.0. The molecule has 7 heteroatoms. The first kappa shape index (κ1) is 19.5. The third-order valence-electron chi connectivity index (χ3n) is 6.58. The van der Waals surface area contributed by atoms with E-state index in [-0.39, 0.29) is 35.8 Å². The number of carbonyl (C=O) groups is 3. The molecule has 5 atom stereocenters. The number of nitrogens with one attached hydrogen (secondary N) is 1. The average Bonchev–Trinajstić information content (AvgIpc) is 3.42. The highest BCUT2D eigenvalue weighted by Crippen LogP contribution is 2.54. The summed E-state index contributed by atoms with van der Waals surface area (Å²) < 4.78 is 14.0. The van der Waals surface area contributed by atoms with Crippen molar-refractivity contribution in [3.63, 3.8) is 0 Å². The molecular formula is C24H21FN2O4. The number of anilines is 1. The Morgan fingerprint density at radius 3 is 2.32 bits per heavy atom. The predicted molar refractivity (Wildman–Crippen MR) is 110 cm³/mol. The number of rotatable bonds is 5. The Morgan fingerprint density at radius 1 is 1.06 bits per heavy atom. The number of phenolic OH excluding ortho intramolecular Hbond substituents is 1. The van der Waals surface area contributed by atoms with Gasteiger partial charge in [-0.2, -0.15) is 0 Å². The van der Waals surface area contributed by atoms with Crippen LogP contribution in [0.5, 0.6) is 5.75 Å². The predicted octanol–water partition coefficient (Wildman–Crippen LogP) is 3.41. The van der Waals surface area contributed by atoms with Crippen molar-refractivity contribution in [2.24, 2.45) is 23.7 Å². The second-order valence-electron chi connectivity index (χ2n) is 8.42. The number of imide groups is 1. The Hall–Kier alpha value is -3.48. The van der Waals surface area contributed by atoms with Gasteiger partial charge in [0.2, 0.25) is 17.7 Å². The molecule has 2 aromatic rings. The fourth-order valence-electron chi connectivity index (χ4n) is 5.24. The smallest absolute Gasteiger partial charge is 0.234 e. The molecule has 5 rings (SSSR count). The van der Waals surface area contributed by atoms with Crippen LogP contribution in [0.15, 0.2) is 60.7 Å². The molecule has 2 aliphatic carbocycles. The molecule has 3 amide bonds. The standard InChI is InChI=1S/C24H21FN2O4/c25-16-3-1-2-13(11-16)19(12-20(29)26-17-6-8-18(28)9-7-17)27-23(30)21-14-4-5-15(10-14)22(21)24(27)31/h1-9,11,14-15,19,21-22,28H,10,12H2,(H,26,29). The lowest BCUT2D eigenvalue weighted by atomic mass is 9.85. The number of benzene rings is 2. The molecule has 1 saturated heterocycles. The highest BCUT2D eigenvalue weighted by molar-refractivity contribution is 6.07. The summed E-state index contributed by atoms with van der Waals surface area (Å²) in [5.41, 5.74) is 0.877. The van der Waals surface area contributed by atoms with E-state index < -0.39 is 29.6 Å². The summed E-state index contributed by atoms with van der Waals surface area (Å²) in [4.78, 5) is 40.5. The van der Waals surface area contributed by atoms with Crippen molar-refractivity contribution >= 4 is 23.4 Å². The molecule has 2 fully saturated rings. The number of nitrogens with zero attached hydrogens (tertiary/aromatic N) is 1. The van der Waals surface area contributed by atoms with Crippen molar-refractivity contribution in [1.29, 1.82) is 0 Å². The summed E-state index contributed by atoms with van der Waals surface area (Å²) in [5.74, 6) is -2.08. The fourth-order valence-corrected chi connectivity index (χ4v) is 5.24. The number of hydrogen-bond donors (Lipinski definition) is 2. The SMILES string of the molecule is O=C(CC(c1cccc(F)c1)N1C(=O)C2C3C=CC(C3)C2C1=O)Nc1ccc(O)cc1. The largest absolute Gasteiger partial charge is 0.508 e. The lowest BCUT2D eigenvalue weighted by Gasteiger charge is -2.28. The van der Waals surface area contributed by atoms with Gasteiger partial charge in [0.1, 0.15) is 11.6 Å². The van der Waals surface area contributed by atoms with Gasteiger partial charge in [0, 0.05) is 5.69 Å². The van der Waals surface area contributed by atoms with E-state index in [1.165, 1.54) is 35.2 Å². The number of aromatic hydroxyl groups is 1. The van der Waals surface area contributed by atoms with Gasteiger partial charge in [0.15, 0.2) is 0 Å². The molecule has 5 unspecified atom stereocenters. The summed E-state index contributed by atoms with van der Waals surface area (Å²) >= 11 is 0.